The van der Waals surface area contributed by atoms with Gasteiger partial charge in [-0.1, -0.05) is 24.3 Å². The van der Waals surface area contributed by atoms with Gasteiger partial charge in [0.25, 0.3) is 0 Å². The maximum absolute atomic E-state index is 12.0. The summed E-state index contributed by atoms with van der Waals surface area (Å²) in [6, 6.07) is 10.8. The van der Waals surface area contributed by atoms with Crippen LogP contribution in [0.5, 0.6) is 0 Å². The van der Waals surface area contributed by atoms with Crippen LogP contribution in [0.2, 0.25) is 0 Å². The predicted octanol–water partition coefficient (Wildman–Crippen LogP) is 1.75. The van der Waals surface area contributed by atoms with Gasteiger partial charge in [-0.05, 0) is 30.4 Å². The van der Waals surface area contributed by atoms with Gasteiger partial charge >= 0.3 is 0 Å². The number of benzene rings is 1. The minimum Gasteiger partial charge on any atom is -0.356 e. The van der Waals surface area contributed by atoms with Gasteiger partial charge in [-0.15, -0.1) is 0 Å². The maximum atomic E-state index is 12.0. The number of carbonyl (C=O) groups is 1. The maximum Gasteiger partial charge on any atom is 0.241 e. The number of amides is 1. The van der Waals surface area contributed by atoms with Gasteiger partial charge in [-0.2, -0.15) is 0 Å². The molecule has 0 aliphatic carbocycles. The molecule has 2 aliphatic heterocycles. The van der Waals surface area contributed by atoms with Crippen LogP contribution in [0.15, 0.2) is 36.7 Å². The highest BCUT2D eigenvalue weighted by Crippen LogP contribution is 2.22. The largest absolute Gasteiger partial charge is 0.356 e. The molecule has 0 saturated carbocycles. The number of piperazine rings is 1. The molecule has 136 valence electrons. The highest BCUT2D eigenvalue weighted by atomic mass is 16.2. The summed E-state index contributed by atoms with van der Waals surface area (Å²) in [4.78, 5) is 27.1. The van der Waals surface area contributed by atoms with E-state index in [0.29, 0.717) is 6.54 Å². The Labute approximate surface area is 154 Å². The van der Waals surface area contributed by atoms with Crippen LogP contribution < -0.4 is 9.80 Å². The molecule has 0 unspecified atom stereocenters. The zero-order valence-electron chi connectivity index (χ0n) is 15.3. The quantitative estimate of drug-likeness (QED) is 0.825. The number of hydrogen-bond donors (Lipinski definition) is 0. The van der Waals surface area contributed by atoms with Crippen molar-refractivity contribution in [1.82, 2.24) is 14.9 Å². The topological polar surface area (TPSA) is 52.6 Å². The molecule has 6 heteroatoms. The molecule has 0 atom stereocenters. The molecule has 1 fully saturated rings. The van der Waals surface area contributed by atoms with Crippen LogP contribution in [0.25, 0.3) is 0 Å². The summed E-state index contributed by atoms with van der Waals surface area (Å²) in [6.07, 6.45) is 4.88. The third-order valence-corrected chi connectivity index (χ3v) is 5.39. The molecule has 26 heavy (non-hydrogen) atoms. The van der Waals surface area contributed by atoms with Crippen molar-refractivity contribution < 1.29 is 4.79 Å². The average molecular weight is 351 g/mol. The fourth-order valence-electron chi connectivity index (χ4n) is 3.74. The van der Waals surface area contributed by atoms with Gasteiger partial charge in [-0.25, -0.2) is 9.97 Å². The van der Waals surface area contributed by atoms with E-state index in [1.165, 1.54) is 11.1 Å². The Bertz CT molecular complexity index is 793. The molecule has 1 aromatic carbocycles. The second-order valence-corrected chi connectivity index (χ2v) is 7.08. The first kappa shape index (κ1) is 16.8. The van der Waals surface area contributed by atoms with Crippen LogP contribution in [0, 0.1) is 0 Å². The molecule has 0 N–H and O–H groups in total. The number of aryl methyl sites for hydroxylation is 1. The molecule has 1 amide bonds. The zero-order valence-corrected chi connectivity index (χ0v) is 15.3. The van der Waals surface area contributed by atoms with Gasteiger partial charge in [0, 0.05) is 39.3 Å². The lowest BCUT2D eigenvalue weighted by molar-refractivity contribution is -0.129. The number of anilines is 2. The molecule has 0 spiro atoms. The number of fused-ring (bicyclic) bond motifs is 1. The molecule has 1 saturated heterocycles. The van der Waals surface area contributed by atoms with E-state index in [1.54, 1.807) is 11.2 Å². The minimum absolute atomic E-state index is 0.138. The van der Waals surface area contributed by atoms with Crippen molar-refractivity contribution in [2.24, 2.45) is 0 Å². The highest BCUT2D eigenvalue weighted by Gasteiger charge is 2.23. The number of nitrogens with zero attached hydrogens (tertiary/aromatic N) is 5. The third-order valence-electron chi connectivity index (χ3n) is 5.39. The first-order valence-electron chi connectivity index (χ1n) is 9.33. The summed E-state index contributed by atoms with van der Waals surface area (Å²) in [7, 11) is 1.85. The van der Waals surface area contributed by atoms with Gasteiger partial charge < -0.3 is 14.7 Å². The van der Waals surface area contributed by atoms with Crippen molar-refractivity contribution in [3.8, 4) is 0 Å². The summed E-state index contributed by atoms with van der Waals surface area (Å²) in [6.45, 7) is 3.88. The smallest absolute Gasteiger partial charge is 0.241 e. The van der Waals surface area contributed by atoms with Crippen molar-refractivity contribution >= 4 is 17.5 Å². The molecule has 2 aliphatic rings. The standard InChI is InChI=1S/C20H25N5O/c1-23-11-12-25(14-20(23)26)19-13-18(21-15-22-19)24-9-4-7-16-5-2-3-6-17(16)8-10-24/h2-3,5-6,13,15H,4,7-12,14H2,1H3. The Hall–Kier alpha value is -2.63. The zero-order chi connectivity index (χ0) is 17.9. The SMILES string of the molecule is CN1CCN(c2cc(N3CCCc4ccccc4CC3)ncn2)CC1=O. The average Bonchev–Trinajstić information content (AvgIpc) is 2.65. The Balaban J connectivity index is 1.50. The summed E-state index contributed by atoms with van der Waals surface area (Å²) in [5.74, 6) is 1.94. The number of hydrogen-bond acceptors (Lipinski definition) is 5. The van der Waals surface area contributed by atoms with E-state index in [1.807, 2.05) is 18.0 Å². The molecular formula is C20H25N5O. The lowest BCUT2D eigenvalue weighted by atomic mass is 9.98. The fraction of sp³-hybridized carbons (Fsp3) is 0.450. The van der Waals surface area contributed by atoms with Crippen molar-refractivity contribution in [2.45, 2.75) is 19.3 Å². The van der Waals surface area contributed by atoms with E-state index < -0.39 is 0 Å². The van der Waals surface area contributed by atoms with Crippen molar-refractivity contribution in [2.75, 3.05) is 49.6 Å². The van der Waals surface area contributed by atoms with E-state index in [-0.39, 0.29) is 5.91 Å². The Morgan fingerprint density at radius 3 is 2.38 bits per heavy atom. The van der Waals surface area contributed by atoms with E-state index in [2.05, 4.69) is 39.1 Å². The summed E-state index contributed by atoms with van der Waals surface area (Å²) < 4.78 is 0. The van der Waals surface area contributed by atoms with Crippen molar-refractivity contribution in [1.29, 1.82) is 0 Å². The molecule has 3 heterocycles. The van der Waals surface area contributed by atoms with Gasteiger partial charge in [0.2, 0.25) is 5.91 Å². The summed E-state index contributed by atoms with van der Waals surface area (Å²) >= 11 is 0. The Kier molecular flexibility index (Phi) is 4.73. The highest BCUT2D eigenvalue weighted by molar-refractivity contribution is 5.82. The monoisotopic (exact) mass is 351 g/mol. The molecular weight excluding hydrogens is 326 g/mol. The lowest BCUT2D eigenvalue weighted by Gasteiger charge is -2.33. The number of aromatic nitrogens is 2. The van der Waals surface area contributed by atoms with E-state index in [9.17, 15) is 4.79 Å². The van der Waals surface area contributed by atoms with Crippen LogP contribution in [0.4, 0.5) is 11.6 Å². The van der Waals surface area contributed by atoms with E-state index >= 15 is 0 Å². The number of carbonyl (C=O) groups excluding carboxylic acids is 1. The van der Waals surface area contributed by atoms with Crippen molar-refractivity contribution in [3.63, 3.8) is 0 Å². The third kappa shape index (κ3) is 3.49. The van der Waals surface area contributed by atoms with Crippen LogP contribution in [-0.2, 0) is 17.6 Å². The molecule has 2 aromatic rings. The number of likely N-dealkylation sites (N-methyl/N-ethyl adjacent to an activating group) is 1. The summed E-state index contributed by atoms with van der Waals surface area (Å²) in [5, 5.41) is 0. The first-order chi connectivity index (χ1) is 12.7. The molecule has 0 radical (unpaired) electrons. The second kappa shape index (κ2) is 7.32. The van der Waals surface area contributed by atoms with Crippen molar-refractivity contribution in [3.05, 3.63) is 47.8 Å². The molecule has 4 rings (SSSR count). The molecule has 6 nitrogen and oxygen atoms in total. The predicted molar refractivity (Wildman–Crippen MR) is 103 cm³/mol. The van der Waals surface area contributed by atoms with Gasteiger partial charge in [0.05, 0.1) is 6.54 Å². The van der Waals surface area contributed by atoms with Gasteiger partial charge in [0.1, 0.15) is 18.0 Å². The van der Waals surface area contributed by atoms with Gasteiger partial charge in [0.15, 0.2) is 0 Å². The normalized spacial score (nSPS) is 18.3. The van der Waals surface area contributed by atoms with Crippen LogP contribution >= 0.6 is 0 Å². The Morgan fingerprint density at radius 1 is 0.885 bits per heavy atom. The molecule has 0 bridgehead atoms. The first-order valence-corrected chi connectivity index (χ1v) is 9.33. The van der Waals surface area contributed by atoms with E-state index in [4.69, 9.17) is 0 Å². The summed E-state index contributed by atoms with van der Waals surface area (Å²) in [5.41, 5.74) is 2.92. The fourth-order valence-corrected chi connectivity index (χ4v) is 3.74. The van der Waals surface area contributed by atoms with Crippen LogP contribution in [0.3, 0.4) is 0 Å². The van der Waals surface area contributed by atoms with Crippen LogP contribution in [0.1, 0.15) is 17.5 Å². The Morgan fingerprint density at radius 2 is 1.62 bits per heavy atom. The van der Waals surface area contributed by atoms with E-state index in [0.717, 1.165) is 57.1 Å². The molecule has 1 aromatic heterocycles. The van der Waals surface area contributed by atoms with Gasteiger partial charge in [-0.3, -0.25) is 4.79 Å². The second-order valence-electron chi connectivity index (χ2n) is 7.08. The lowest BCUT2D eigenvalue weighted by Crippen LogP contribution is -2.48. The number of rotatable bonds is 2. The minimum atomic E-state index is 0.138. The van der Waals surface area contributed by atoms with Crippen LogP contribution in [-0.4, -0.2) is 60.5 Å².